The molecular formula is C20H21BrN6O. The van der Waals surface area contributed by atoms with Gasteiger partial charge < -0.3 is 19.4 Å². The molecule has 0 spiro atoms. The van der Waals surface area contributed by atoms with E-state index in [1.54, 1.807) is 6.20 Å². The molecule has 8 heteroatoms. The van der Waals surface area contributed by atoms with E-state index < -0.39 is 0 Å². The highest BCUT2D eigenvalue weighted by atomic mass is 79.9. The molecule has 1 N–H and O–H groups in total. The first-order chi connectivity index (χ1) is 13.7. The predicted molar refractivity (Wildman–Crippen MR) is 112 cm³/mol. The summed E-state index contributed by atoms with van der Waals surface area (Å²) in [6.07, 6.45) is 8.31. The van der Waals surface area contributed by atoms with Crippen LogP contribution in [0.2, 0.25) is 0 Å². The van der Waals surface area contributed by atoms with E-state index in [0.29, 0.717) is 11.9 Å². The van der Waals surface area contributed by atoms with Crippen molar-refractivity contribution in [1.29, 1.82) is 0 Å². The topological polar surface area (TPSA) is 57.9 Å². The minimum Gasteiger partial charge on any atom is -0.489 e. The van der Waals surface area contributed by atoms with Crippen molar-refractivity contribution in [3.8, 4) is 5.75 Å². The van der Waals surface area contributed by atoms with E-state index in [0.717, 1.165) is 54.0 Å². The number of nitrogens with one attached hydrogen (secondary N) is 1. The van der Waals surface area contributed by atoms with Crippen LogP contribution in [0.25, 0.3) is 5.65 Å². The first kappa shape index (κ1) is 16.6. The number of imidazole rings is 1. The minimum atomic E-state index is 0.456. The summed E-state index contributed by atoms with van der Waals surface area (Å²) in [7, 11) is 0. The summed E-state index contributed by atoms with van der Waals surface area (Å²) >= 11 is 3.46. The minimum absolute atomic E-state index is 0.456. The number of hydrogen-bond donors (Lipinski definition) is 1. The molecule has 3 aromatic rings. The van der Waals surface area contributed by atoms with Crippen molar-refractivity contribution in [2.24, 2.45) is 0 Å². The van der Waals surface area contributed by atoms with Gasteiger partial charge in [0, 0.05) is 56.0 Å². The van der Waals surface area contributed by atoms with Gasteiger partial charge in [0.1, 0.15) is 17.0 Å². The largest absolute Gasteiger partial charge is 0.489 e. The normalized spacial score (nSPS) is 21.9. The third-order valence-corrected chi connectivity index (χ3v) is 6.27. The van der Waals surface area contributed by atoms with E-state index >= 15 is 0 Å². The number of rotatable bonds is 3. The molecule has 7 nitrogen and oxygen atoms in total. The molecule has 0 radical (unpaired) electrons. The lowest BCUT2D eigenvalue weighted by molar-refractivity contribution is 0.161. The average molecular weight is 441 g/mol. The monoisotopic (exact) mass is 440 g/mol. The van der Waals surface area contributed by atoms with Crippen LogP contribution in [0.15, 0.2) is 41.4 Å². The van der Waals surface area contributed by atoms with E-state index in [1.807, 2.05) is 16.8 Å². The van der Waals surface area contributed by atoms with Crippen molar-refractivity contribution in [3.05, 3.63) is 41.4 Å². The highest BCUT2D eigenvalue weighted by Crippen LogP contribution is 2.39. The number of anilines is 3. The van der Waals surface area contributed by atoms with Gasteiger partial charge in [0.05, 0.1) is 11.7 Å². The molecule has 1 aliphatic carbocycles. The van der Waals surface area contributed by atoms with Crippen molar-refractivity contribution in [2.45, 2.75) is 24.9 Å². The standard InChI is InChI=1S/C20H21BrN6O/c21-18-11-26-6-5-22-20(26)19(24-18)23-13-1-4-16-17(9-13)28-12-15-10-25(14-2-3-14)7-8-27(15)16/h1,4-6,9,11,14-15H,2-3,7-8,10,12H2,(H,23,24)/t15-/m1/s1. The first-order valence-corrected chi connectivity index (χ1v) is 10.6. The molecule has 0 amide bonds. The number of benzene rings is 1. The summed E-state index contributed by atoms with van der Waals surface area (Å²) in [4.78, 5) is 14.1. The Morgan fingerprint density at radius 2 is 2.11 bits per heavy atom. The lowest BCUT2D eigenvalue weighted by atomic mass is 10.1. The molecule has 0 bridgehead atoms. The fraction of sp³-hybridized carbons (Fsp3) is 0.400. The summed E-state index contributed by atoms with van der Waals surface area (Å²) < 4.78 is 8.86. The Morgan fingerprint density at radius 3 is 3.00 bits per heavy atom. The molecule has 144 valence electrons. The fourth-order valence-electron chi connectivity index (χ4n) is 4.36. The van der Waals surface area contributed by atoms with Gasteiger partial charge in [-0.1, -0.05) is 0 Å². The number of piperazine rings is 1. The highest BCUT2D eigenvalue weighted by molar-refractivity contribution is 9.10. The van der Waals surface area contributed by atoms with Gasteiger partial charge in [0.25, 0.3) is 0 Å². The van der Waals surface area contributed by atoms with E-state index in [1.165, 1.54) is 18.5 Å². The number of fused-ring (bicyclic) bond motifs is 4. The zero-order valence-electron chi connectivity index (χ0n) is 15.4. The molecule has 4 heterocycles. The van der Waals surface area contributed by atoms with Crippen molar-refractivity contribution in [1.82, 2.24) is 19.3 Å². The summed E-state index contributed by atoms with van der Waals surface area (Å²) in [6, 6.07) is 7.61. The zero-order valence-corrected chi connectivity index (χ0v) is 17.0. The third-order valence-electron chi connectivity index (χ3n) is 5.89. The van der Waals surface area contributed by atoms with Crippen LogP contribution < -0.4 is 15.0 Å². The molecule has 0 unspecified atom stereocenters. The summed E-state index contributed by atoms with van der Waals surface area (Å²) in [6.45, 7) is 4.09. The average Bonchev–Trinajstić information content (AvgIpc) is 3.45. The molecule has 3 aliphatic rings. The smallest absolute Gasteiger partial charge is 0.180 e. The third kappa shape index (κ3) is 2.82. The summed E-state index contributed by atoms with van der Waals surface area (Å²) in [5, 5.41) is 3.40. The van der Waals surface area contributed by atoms with Gasteiger partial charge in [-0.2, -0.15) is 0 Å². The van der Waals surface area contributed by atoms with Crippen LogP contribution in [-0.4, -0.2) is 57.6 Å². The molecular weight excluding hydrogens is 420 g/mol. The van der Waals surface area contributed by atoms with Crippen LogP contribution in [0.5, 0.6) is 5.75 Å². The fourth-order valence-corrected chi connectivity index (χ4v) is 4.76. The van der Waals surface area contributed by atoms with Crippen LogP contribution >= 0.6 is 15.9 Å². The second-order valence-electron chi connectivity index (χ2n) is 7.76. The first-order valence-electron chi connectivity index (χ1n) is 9.78. The van der Waals surface area contributed by atoms with E-state index in [9.17, 15) is 0 Å². The van der Waals surface area contributed by atoms with Gasteiger partial charge in [-0.15, -0.1) is 0 Å². The number of aromatic nitrogens is 3. The molecule has 2 aromatic heterocycles. The summed E-state index contributed by atoms with van der Waals surface area (Å²) in [5.41, 5.74) is 2.94. The van der Waals surface area contributed by atoms with Crippen LogP contribution in [0.1, 0.15) is 12.8 Å². The quantitative estimate of drug-likeness (QED) is 0.674. The molecule has 1 saturated carbocycles. The van der Waals surface area contributed by atoms with Crippen molar-refractivity contribution >= 4 is 38.8 Å². The Bertz CT molecular complexity index is 1050. The second kappa shape index (κ2) is 6.35. The van der Waals surface area contributed by atoms with Crippen LogP contribution in [-0.2, 0) is 0 Å². The molecule has 6 rings (SSSR count). The van der Waals surface area contributed by atoms with Gasteiger partial charge in [-0.3, -0.25) is 4.90 Å². The lowest BCUT2D eigenvalue weighted by Crippen LogP contribution is -2.57. The molecule has 2 aliphatic heterocycles. The van der Waals surface area contributed by atoms with Gasteiger partial charge in [-0.25, -0.2) is 9.97 Å². The number of hydrogen-bond acceptors (Lipinski definition) is 6. The maximum atomic E-state index is 6.16. The predicted octanol–water partition coefficient (Wildman–Crippen LogP) is 3.28. The molecule has 1 atom stereocenters. The van der Waals surface area contributed by atoms with Crippen LogP contribution in [0.4, 0.5) is 17.2 Å². The Kier molecular flexibility index (Phi) is 3.77. The van der Waals surface area contributed by atoms with Gasteiger partial charge in [0.15, 0.2) is 11.5 Å². The SMILES string of the molecule is Brc1cn2ccnc2c(Nc2ccc3c(c2)OC[C@H]2CN(C4CC4)CCN32)n1. The molecule has 1 aromatic carbocycles. The molecule has 2 fully saturated rings. The van der Waals surface area contributed by atoms with Gasteiger partial charge in [0.2, 0.25) is 0 Å². The number of nitrogens with zero attached hydrogens (tertiary/aromatic N) is 5. The van der Waals surface area contributed by atoms with E-state index in [-0.39, 0.29) is 0 Å². The maximum absolute atomic E-state index is 6.16. The van der Waals surface area contributed by atoms with Gasteiger partial charge in [-0.05, 0) is 40.9 Å². The molecule has 1 saturated heterocycles. The van der Waals surface area contributed by atoms with E-state index in [2.05, 4.69) is 59.2 Å². The Balaban J connectivity index is 1.27. The van der Waals surface area contributed by atoms with Crippen LogP contribution in [0, 0.1) is 0 Å². The Morgan fingerprint density at radius 1 is 1.18 bits per heavy atom. The number of ether oxygens (including phenoxy) is 1. The van der Waals surface area contributed by atoms with Gasteiger partial charge >= 0.3 is 0 Å². The zero-order chi connectivity index (χ0) is 18.7. The Labute approximate surface area is 171 Å². The van der Waals surface area contributed by atoms with E-state index in [4.69, 9.17) is 4.74 Å². The van der Waals surface area contributed by atoms with Crippen molar-refractivity contribution < 1.29 is 4.74 Å². The Hall–Kier alpha value is -2.32. The highest BCUT2D eigenvalue weighted by Gasteiger charge is 2.38. The molecule has 28 heavy (non-hydrogen) atoms. The van der Waals surface area contributed by atoms with Crippen molar-refractivity contribution in [3.63, 3.8) is 0 Å². The summed E-state index contributed by atoms with van der Waals surface area (Å²) in [5.74, 6) is 1.65. The van der Waals surface area contributed by atoms with Crippen LogP contribution in [0.3, 0.4) is 0 Å². The lowest BCUT2D eigenvalue weighted by Gasteiger charge is -2.45. The maximum Gasteiger partial charge on any atom is 0.180 e. The number of halogens is 1. The second-order valence-corrected chi connectivity index (χ2v) is 8.57. The van der Waals surface area contributed by atoms with Crippen molar-refractivity contribution in [2.75, 3.05) is 36.5 Å².